The Bertz CT molecular complexity index is 548. The minimum Gasteiger partial charge on any atom is -0.392 e. The molecular weight excluding hydrogens is 505 g/mol. The number of nitrogens with zero attached hydrogens (tertiary/aromatic N) is 1. The second-order valence-electron chi connectivity index (χ2n) is 8.49. The number of aliphatic hydroxyl groups excluding tert-OH is 2. The van der Waals surface area contributed by atoms with Gasteiger partial charge in [0.15, 0.2) is 0 Å². The van der Waals surface area contributed by atoms with Gasteiger partial charge >= 0.3 is 0 Å². The van der Waals surface area contributed by atoms with Crippen LogP contribution in [0.1, 0.15) is 48.0 Å². The fourth-order valence-corrected chi connectivity index (χ4v) is 1.99. The van der Waals surface area contributed by atoms with E-state index in [1.54, 1.807) is 6.20 Å². The summed E-state index contributed by atoms with van der Waals surface area (Å²) in [6.07, 6.45) is 1.35. The molecule has 0 fully saturated rings. The van der Waals surface area contributed by atoms with Crippen LogP contribution in [-0.2, 0) is 21.1 Å². The van der Waals surface area contributed by atoms with Gasteiger partial charge in [-0.05, 0) is 22.6 Å². The van der Waals surface area contributed by atoms with Crippen molar-refractivity contribution in [1.82, 2.24) is 4.98 Å². The summed E-state index contributed by atoms with van der Waals surface area (Å²) in [4.78, 5) is 4.22. The van der Waals surface area contributed by atoms with E-state index in [1.807, 2.05) is 84.0 Å². The van der Waals surface area contributed by atoms with Crippen LogP contribution in [-0.4, -0.2) is 27.4 Å². The molecule has 148 valence electrons. The Morgan fingerprint density at radius 3 is 1.81 bits per heavy atom. The van der Waals surface area contributed by atoms with Crippen molar-refractivity contribution in [2.24, 2.45) is 10.8 Å². The predicted molar refractivity (Wildman–Crippen MR) is 104 cm³/mol. The number of hydrogen-bond acceptors (Lipinski definition) is 3. The molecule has 1 aromatic carbocycles. The number of aromatic nitrogens is 1. The second kappa shape index (κ2) is 11.0. The smallest absolute Gasteiger partial charge is 0.0613 e. The first-order chi connectivity index (χ1) is 11.5. The molecule has 2 atom stereocenters. The number of rotatable bonds is 3. The summed E-state index contributed by atoms with van der Waals surface area (Å²) >= 11 is 0. The van der Waals surface area contributed by atoms with Crippen LogP contribution in [0, 0.1) is 16.9 Å². The van der Waals surface area contributed by atoms with E-state index in [2.05, 4.69) is 11.1 Å². The summed E-state index contributed by atoms with van der Waals surface area (Å²) in [6, 6.07) is 16.8. The van der Waals surface area contributed by atoms with Gasteiger partial charge in [-0.15, -0.1) is 35.9 Å². The Labute approximate surface area is 173 Å². The molecule has 26 heavy (non-hydrogen) atoms. The summed E-state index contributed by atoms with van der Waals surface area (Å²) in [5.74, 6) is 0. The van der Waals surface area contributed by atoms with Crippen LogP contribution >= 0.6 is 0 Å². The van der Waals surface area contributed by atoms with Gasteiger partial charge in [-0.25, -0.2) is 0 Å². The number of benzene rings is 1. The summed E-state index contributed by atoms with van der Waals surface area (Å²) < 4.78 is 0. The molecule has 3 nitrogen and oxygen atoms in total. The molecule has 0 radical (unpaired) electrons. The topological polar surface area (TPSA) is 53.4 Å². The van der Waals surface area contributed by atoms with Crippen molar-refractivity contribution >= 4 is 0 Å². The van der Waals surface area contributed by atoms with Gasteiger partial charge < -0.3 is 15.2 Å². The molecule has 2 unspecified atom stereocenters. The third kappa shape index (κ3) is 9.07. The van der Waals surface area contributed by atoms with Gasteiger partial charge in [0.2, 0.25) is 0 Å². The second-order valence-corrected chi connectivity index (χ2v) is 8.49. The molecule has 0 saturated heterocycles. The van der Waals surface area contributed by atoms with Gasteiger partial charge in [0.05, 0.1) is 12.2 Å². The minimum atomic E-state index is -0.443. The Morgan fingerprint density at radius 2 is 1.42 bits per heavy atom. The van der Waals surface area contributed by atoms with Crippen molar-refractivity contribution in [2.75, 3.05) is 0 Å². The van der Waals surface area contributed by atoms with Crippen LogP contribution in [0.5, 0.6) is 0 Å². The van der Waals surface area contributed by atoms with Crippen molar-refractivity contribution in [3.05, 3.63) is 54.7 Å². The maximum atomic E-state index is 9.76. The minimum absolute atomic E-state index is 0. The summed E-state index contributed by atoms with van der Waals surface area (Å²) in [6.45, 7) is 11.9. The Hall–Kier alpha value is -1.02. The van der Waals surface area contributed by atoms with E-state index in [-0.39, 0.29) is 31.9 Å². The molecule has 0 aliphatic carbocycles. The Morgan fingerprint density at radius 1 is 0.885 bits per heavy atom. The van der Waals surface area contributed by atoms with Crippen LogP contribution in [0.4, 0.5) is 0 Å². The fourth-order valence-electron chi connectivity index (χ4n) is 1.99. The zero-order valence-electron chi connectivity index (χ0n) is 16.6. The van der Waals surface area contributed by atoms with Crippen LogP contribution < -0.4 is 0 Å². The maximum absolute atomic E-state index is 9.76. The summed E-state index contributed by atoms with van der Waals surface area (Å²) in [5, 5.41) is 19.5. The molecule has 4 heteroatoms. The Balaban J connectivity index is 0.000000463. The van der Waals surface area contributed by atoms with Gasteiger partial charge in [-0.3, -0.25) is 0 Å². The molecule has 1 aromatic heterocycles. The van der Waals surface area contributed by atoms with E-state index < -0.39 is 12.2 Å². The predicted octanol–water partition coefficient (Wildman–Crippen LogP) is 4.74. The molecule has 0 bridgehead atoms. The summed E-state index contributed by atoms with van der Waals surface area (Å²) in [5.41, 5.74) is 1.72. The van der Waals surface area contributed by atoms with Crippen LogP contribution in [0.3, 0.4) is 0 Å². The molecule has 0 spiro atoms. The average Bonchev–Trinajstić information content (AvgIpc) is 2.55. The van der Waals surface area contributed by atoms with Gasteiger partial charge in [-0.1, -0.05) is 53.7 Å². The zero-order valence-corrected chi connectivity index (χ0v) is 18.9. The van der Waals surface area contributed by atoms with Crippen molar-refractivity contribution < 1.29 is 31.3 Å². The van der Waals surface area contributed by atoms with Crippen molar-refractivity contribution in [2.45, 2.75) is 60.2 Å². The van der Waals surface area contributed by atoms with E-state index in [4.69, 9.17) is 0 Å². The molecule has 2 aromatic rings. The third-order valence-electron chi connectivity index (χ3n) is 4.10. The molecule has 0 amide bonds. The maximum Gasteiger partial charge on any atom is 0.0613 e. The van der Waals surface area contributed by atoms with E-state index in [0.717, 1.165) is 11.3 Å². The first kappa shape index (κ1) is 25.0. The Kier molecular flexibility index (Phi) is 10.5. The van der Waals surface area contributed by atoms with Gasteiger partial charge in [0.25, 0.3) is 0 Å². The quantitative estimate of drug-likeness (QED) is 0.557. The van der Waals surface area contributed by atoms with Crippen LogP contribution in [0.15, 0.2) is 48.7 Å². The monoisotopic (exact) mass is 537 g/mol. The van der Waals surface area contributed by atoms with Gasteiger partial charge in [0, 0.05) is 33.7 Å². The van der Waals surface area contributed by atoms with E-state index in [9.17, 15) is 10.2 Å². The van der Waals surface area contributed by atoms with Gasteiger partial charge in [0.1, 0.15) is 0 Å². The molecule has 0 aliphatic rings. The first-order valence-corrected chi connectivity index (χ1v) is 8.76. The molecule has 0 saturated carbocycles. The normalized spacial score (nSPS) is 13.7. The fraction of sp³-hybridized carbons (Fsp3) is 0.500. The van der Waals surface area contributed by atoms with E-state index in [1.165, 1.54) is 0 Å². The van der Waals surface area contributed by atoms with Crippen LogP contribution in [0.2, 0.25) is 0 Å². The third-order valence-corrected chi connectivity index (χ3v) is 4.10. The first-order valence-electron chi connectivity index (χ1n) is 8.76. The molecular formula is C22H32NO2Pt-. The molecule has 2 rings (SSSR count). The van der Waals surface area contributed by atoms with Crippen molar-refractivity contribution in [1.29, 1.82) is 0 Å². The zero-order chi connectivity index (χ0) is 19.1. The standard InChI is InChI=1S/C11H8N.C11H24O2.Pt/c1-2-6-10(7-3-1)11-8-4-5-9-12-11;1-10(2,3)8(12)7-9(13)11(4,5)6;/h1-6,8-9H;8-9,12-13H,7H2,1-6H3;/q-1;;. The molecule has 1 heterocycles. The number of hydrogen-bond donors (Lipinski definition) is 2. The number of pyridine rings is 1. The van der Waals surface area contributed by atoms with Crippen molar-refractivity contribution in [3.8, 4) is 11.3 Å². The van der Waals surface area contributed by atoms with Crippen LogP contribution in [0.25, 0.3) is 11.3 Å². The SMILES string of the molecule is CC(C)(C)C(O)CC(O)C(C)(C)C.[Pt].[c-]1ccccc1-c1ccccn1. The summed E-state index contributed by atoms with van der Waals surface area (Å²) in [7, 11) is 0. The largest absolute Gasteiger partial charge is 0.392 e. The number of aliphatic hydroxyl groups is 2. The van der Waals surface area contributed by atoms with Crippen molar-refractivity contribution in [3.63, 3.8) is 0 Å². The average molecular weight is 538 g/mol. The molecule has 2 N–H and O–H groups in total. The van der Waals surface area contributed by atoms with E-state index >= 15 is 0 Å². The molecule has 0 aliphatic heterocycles. The van der Waals surface area contributed by atoms with Gasteiger partial charge in [-0.2, -0.15) is 0 Å². The van der Waals surface area contributed by atoms with E-state index in [0.29, 0.717) is 6.42 Å².